The Balaban J connectivity index is 3.17. The summed E-state index contributed by atoms with van der Waals surface area (Å²) in [6.07, 6.45) is 1.56. The highest BCUT2D eigenvalue weighted by Crippen LogP contribution is 2.53. The maximum atomic E-state index is 12.3. The minimum atomic E-state index is -3.48. The van der Waals surface area contributed by atoms with Crippen LogP contribution in [-0.2, 0) is 18.4 Å². The fraction of sp³-hybridized carbons (Fsp3) is 0.250. The summed E-state index contributed by atoms with van der Waals surface area (Å²) >= 11 is 0. The first-order valence-corrected chi connectivity index (χ1v) is 6.82. The standard InChI is InChI=1S/C12H16NO4P/c1-10(14)13-12(18(15,16-2)17-3)9-11-7-5-4-6-8-11/h4-9H,1-3H3,(H,13,14)/b12-9-. The summed E-state index contributed by atoms with van der Waals surface area (Å²) in [5.74, 6) is -0.341. The van der Waals surface area contributed by atoms with Crippen molar-refractivity contribution >= 4 is 19.6 Å². The number of hydrogen-bond acceptors (Lipinski definition) is 4. The second kappa shape index (κ2) is 6.50. The summed E-state index contributed by atoms with van der Waals surface area (Å²) in [6.45, 7) is 1.33. The minimum Gasteiger partial charge on any atom is -0.320 e. The lowest BCUT2D eigenvalue weighted by Gasteiger charge is -2.17. The first-order valence-electron chi connectivity index (χ1n) is 5.28. The van der Waals surface area contributed by atoms with Gasteiger partial charge in [0.15, 0.2) is 0 Å². The molecule has 0 saturated carbocycles. The second-order valence-electron chi connectivity index (χ2n) is 3.48. The summed E-state index contributed by atoms with van der Waals surface area (Å²) in [5.41, 5.74) is 0.904. The van der Waals surface area contributed by atoms with Crippen molar-refractivity contribution in [2.75, 3.05) is 14.2 Å². The Morgan fingerprint density at radius 3 is 2.22 bits per heavy atom. The predicted octanol–water partition coefficient (Wildman–Crippen LogP) is 2.61. The Hall–Kier alpha value is -1.42. The van der Waals surface area contributed by atoms with Crippen molar-refractivity contribution in [3.63, 3.8) is 0 Å². The third-order valence-electron chi connectivity index (χ3n) is 2.18. The molecule has 5 nitrogen and oxygen atoms in total. The Kier molecular flexibility index (Phi) is 5.28. The number of hydrogen-bond donors (Lipinski definition) is 1. The Morgan fingerprint density at radius 1 is 1.22 bits per heavy atom. The highest BCUT2D eigenvalue weighted by Gasteiger charge is 2.28. The lowest BCUT2D eigenvalue weighted by molar-refractivity contribution is -0.118. The number of nitrogens with one attached hydrogen (secondary N) is 1. The smallest absolute Gasteiger partial charge is 0.320 e. The molecule has 0 atom stereocenters. The van der Waals surface area contributed by atoms with Gasteiger partial charge >= 0.3 is 7.60 Å². The fourth-order valence-corrected chi connectivity index (χ4v) is 2.49. The molecule has 1 amide bonds. The molecule has 0 bridgehead atoms. The molecule has 0 fully saturated rings. The zero-order valence-electron chi connectivity index (χ0n) is 10.5. The largest absolute Gasteiger partial charge is 0.376 e. The van der Waals surface area contributed by atoms with Gasteiger partial charge in [-0.05, 0) is 11.6 Å². The number of amides is 1. The highest BCUT2D eigenvalue weighted by molar-refractivity contribution is 7.58. The molecular formula is C12H16NO4P. The third-order valence-corrected chi connectivity index (χ3v) is 3.98. The average molecular weight is 269 g/mol. The molecule has 0 aliphatic rings. The molecule has 0 aromatic heterocycles. The van der Waals surface area contributed by atoms with Gasteiger partial charge in [0.05, 0.1) is 0 Å². The van der Waals surface area contributed by atoms with Crippen LogP contribution in [0.3, 0.4) is 0 Å². The van der Waals surface area contributed by atoms with Gasteiger partial charge in [-0.3, -0.25) is 9.36 Å². The highest BCUT2D eigenvalue weighted by atomic mass is 31.2. The van der Waals surface area contributed by atoms with Crippen LogP contribution in [0.1, 0.15) is 12.5 Å². The van der Waals surface area contributed by atoms with E-state index in [-0.39, 0.29) is 11.3 Å². The maximum Gasteiger partial charge on any atom is 0.376 e. The summed E-state index contributed by atoms with van der Waals surface area (Å²) in [7, 11) is -0.944. The normalized spacial score (nSPS) is 12.3. The minimum absolute atomic E-state index is 0.117. The molecule has 1 aromatic carbocycles. The van der Waals surface area contributed by atoms with Crippen LogP contribution in [0.25, 0.3) is 6.08 Å². The SMILES string of the molecule is COP(=O)(OC)/C(=C\c1ccccc1)NC(C)=O. The summed E-state index contributed by atoms with van der Waals surface area (Å²) in [4.78, 5) is 11.1. The first kappa shape index (κ1) is 14.6. The molecule has 18 heavy (non-hydrogen) atoms. The van der Waals surface area contributed by atoms with Crippen molar-refractivity contribution < 1.29 is 18.4 Å². The van der Waals surface area contributed by atoms with Crippen LogP contribution >= 0.6 is 7.60 Å². The van der Waals surface area contributed by atoms with Crippen LogP contribution in [0.2, 0.25) is 0 Å². The first-order chi connectivity index (χ1) is 8.51. The molecule has 0 aliphatic carbocycles. The van der Waals surface area contributed by atoms with Gasteiger partial charge in [-0.2, -0.15) is 0 Å². The zero-order valence-corrected chi connectivity index (χ0v) is 11.4. The topological polar surface area (TPSA) is 64.6 Å². The van der Waals surface area contributed by atoms with Crippen LogP contribution in [0.15, 0.2) is 35.8 Å². The number of carbonyl (C=O) groups excluding carboxylic acids is 1. The Morgan fingerprint density at radius 2 is 1.78 bits per heavy atom. The molecule has 6 heteroatoms. The van der Waals surface area contributed by atoms with E-state index in [9.17, 15) is 9.36 Å². The van der Waals surface area contributed by atoms with E-state index in [1.165, 1.54) is 21.1 Å². The summed E-state index contributed by atoms with van der Waals surface area (Å²) < 4.78 is 22.0. The maximum absolute atomic E-state index is 12.3. The van der Waals surface area contributed by atoms with Gasteiger partial charge in [-0.25, -0.2) is 0 Å². The van der Waals surface area contributed by atoms with Crippen molar-refractivity contribution in [1.29, 1.82) is 0 Å². The van der Waals surface area contributed by atoms with E-state index in [1.54, 1.807) is 6.08 Å². The van der Waals surface area contributed by atoms with E-state index < -0.39 is 7.60 Å². The van der Waals surface area contributed by atoms with Gasteiger partial charge < -0.3 is 14.4 Å². The second-order valence-corrected chi connectivity index (χ2v) is 5.69. The molecule has 98 valence electrons. The third kappa shape index (κ3) is 3.81. The Bertz CT molecular complexity index is 476. The van der Waals surface area contributed by atoms with Gasteiger partial charge in [-0.15, -0.1) is 0 Å². The van der Waals surface area contributed by atoms with Gasteiger partial charge in [-0.1, -0.05) is 30.3 Å². The predicted molar refractivity (Wildman–Crippen MR) is 69.9 cm³/mol. The van der Waals surface area contributed by atoms with E-state index in [0.29, 0.717) is 0 Å². The fourth-order valence-electron chi connectivity index (χ4n) is 1.34. The van der Waals surface area contributed by atoms with Crippen LogP contribution in [-0.4, -0.2) is 20.1 Å². The van der Waals surface area contributed by atoms with E-state index in [4.69, 9.17) is 9.05 Å². The molecule has 0 heterocycles. The van der Waals surface area contributed by atoms with Gasteiger partial charge in [0.25, 0.3) is 0 Å². The van der Waals surface area contributed by atoms with Crippen molar-refractivity contribution in [2.24, 2.45) is 0 Å². The molecule has 0 unspecified atom stereocenters. The van der Waals surface area contributed by atoms with Crippen molar-refractivity contribution in [2.45, 2.75) is 6.92 Å². The van der Waals surface area contributed by atoms with Gasteiger partial charge in [0, 0.05) is 21.1 Å². The molecule has 0 aliphatic heterocycles. The summed E-state index contributed by atoms with van der Waals surface area (Å²) in [5, 5.41) is 2.48. The van der Waals surface area contributed by atoms with Crippen LogP contribution in [0, 0.1) is 0 Å². The Labute approximate surface area is 106 Å². The van der Waals surface area contributed by atoms with Gasteiger partial charge in [0.1, 0.15) is 5.44 Å². The average Bonchev–Trinajstić information content (AvgIpc) is 2.38. The van der Waals surface area contributed by atoms with Crippen LogP contribution in [0.4, 0.5) is 0 Å². The number of rotatable bonds is 5. The van der Waals surface area contributed by atoms with Crippen molar-refractivity contribution in [1.82, 2.24) is 5.32 Å². The quantitative estimate of drug-likeness (QED) is 0.834. The lowest BCUT2D eigenvalue weighted by atomic mass is 10.2. The number of benzene rings is 1. The lowest BCUT2D eigenvalue weighted by Crippen LogP contribution is -2.20. The molecule has 0 saturated heterocycles. The van der Waals surface area contributed by atoms with E-state index >= 15 is 0 Å². The molecular weight excluding hydrogens is 253 g/mol. The van der Waals surface area contributed by atoms with Crippen molar-refractivity contribution in [3.05, 3.63) is 41.3 Å². The van der Waals surface area contributed by atoms with Crippen LogP contribution in [0.5, 0.6) is 0 Å². The van der Waals surface area contributed by atoms with Crippen molar-refractivity contribution in [3.8, 4) is 0 Å². The molecule has 1 aromatic rings. The van der Waals surface area contributed by atoms with E-state index in [1.807, 2.05) is 30.3 Å². The molecule has 0 radical (unpaired) electrons. The van der Waals surface area contributed by atoms with E-state index in [0.717, 1.165) is 5.56 Å². The molecule has 1 rings (SSSR count). The monoisotopic (exact) mass is 269 g/mol. The molecule has 1 N–H and O–H groups in total. The van der Waals surface area contributed by atoms with Crippen LogP contribution < -0.4 is 5.32 Å². The summed E-state index contributed by atoms with van der Waals surface area (Å²) in [6, 6.07) is 9.17. The molecule has 0 spiro atoms. The van der Waals surface area contributed by atoms with Gasteiger partial charge in [0.2, 0.25) is 5.91 Å². The van der Waals surface area contributed by atoms with E-state index in [2.05, 4.69) is 5.32 Å². The zero-order chi connectivity index (χ0) is 13.6. The number of carbonyl (C=O) groups is 1.